The van der Waals surface area contributed by atoms with Crippen LogP contribution in [-0.4, -0.2) is 37.6 Å². The Bertz CT molecular complexity index is 207. The fourth-order valence-electron chi connectivity index (χ4n) is 2.14. The van der Waals surface area contributed by atoms with Gasteiger partial charge in [-0.05, 0) is 26.9 Å². The summed E-state index contributed by atoms with van der Waals surface area (Å²) in [5, 5.41) is 0. The second kappa shape index (κ2) is 13.9. The second-order valence-electron chi connectivity index (χ2n) is 5.33. The van der Waals surface area contributed by atoms with Crippen molar-refractivity contribution in [2.24, 2.45) is 0 Å². The lowest BCUT2D eigenvalue weighted by Gasteiger charge is -2.15. The number of hydrogen-bond donors (Lipinski definition) is 0. The summed E-state index contributed by atoms with van der Waals surface area (Å²) in [6, 6.07) is 0. The zero-order chi connectivity index (χ0) is 14.3. The van der Waals surface area contributed by atoms with Crippen LogP contribution in [0.3, 0.4) is 0 Å². The van der Waals surface area contributed by atoms with Crippen LogP contribution in [0.25, 0.3) is 0 Å². The van der Waals surface area contributed by atoms with Crippen LogP contribution >= 0.6 is 0 Å². The van der Waals surface area contributed by atoms with Gasteiger partial charge in [-0.15, -0.1) is 0 Å². The van der Waals surface area contributed by atoms with Crippen molar-refractivity contribution >= 4 is 5.97 Å². The number of rotatable bonds is 13. The van der Waals surface area contributed by atoms with Crippen molar-refractivity contribution in [3.8, 4) is 0 Å². The van der Waals surface area contributed by atoms with E-state index in [4.69, 9.17) is 4.74 Å². The van der Waals surface area contributed by atoms with Crippen molar-refractivity contribution in [3.63, 3.8) is 0 Å². The number of carbonyl (C=O) groups is 1. The fourth-order valence-corrected chi connectivity index (χ4v) is 2.14. The molecule has 0 aromatic rings. The highest BCUT2D eigenvalue weighted by molar-refractivity contribution is 5.69. The van der Waals surface area contributed by atoms with E-state index < -0.39 is 0 Å². The standard InChI is InChI=1S/C16H33NO2/c1-4-6-7-8-9-10-11-12-14-17(3)15-13-16(18)19-5-2/h4-15H2,1-3H3. The average molecular weight is 271 g/mol. The van der Waals surface area contributed by atoms with Crippen molar-refractivity contribution in [2.45, 2.75) is 71.6 Å². The highest BCUT2D eigenvalue weighted by Crippen LogP contribution is 2.08. The van der Waals surface area contributed by atoms with Gasteiger partial charge in [0.05, 0.1) is 13.0 Å². The van der Waals surface area contributed by atoms with Crippen molar-refractivity contribution in [1.82, 2.24) is 4.90 Å². The molecule has 3 nitrogen and oxygen atoms in total. The molecule has 0 fully saturated rings. The Hall–Kier alpha value is -0.570. The summed E-state index contributed by atoms with van der Waals surface area (Å²) < 4.78 is 4.92. The van der Waals surface area contributed by atoms with E-state index in [9.17, 15) is 4.79 Å². The molecule has 0 unspecified atom stereocenters. The maximum atomic E-state index is 11.2. The SMILES string of the molecule is CCCCCCCCCCN(C)CCC(=O)OCC. The number of unbranched alkanes of at least 4 members (excludes halogenated alkanes) is 7. The van der Waals surface area contributed by atoms with E-state index in [1.54, 1.807) is 0 Å². The third-order valence-corrected chi connectivity index (χ3v) is 3.40. The van der Waals surface area contributed by atoms with Crippen LogP contribution < -0.4 is 0 Å². The molecule has 0 heterocycles. The van der Waals surface area contributed by atoms with E-state index in [2.05, 4.69) is 18.9 Å². The molecule has 0 radical (unpaired) electrons. The normalized spacial score (nSPS) is 10.9. The molecular formula is C16H33NO2. The Morgan fingerprint density at radius 1 is 0.895 bits per heavy atom. The summed E-state index contributed by atoms with van der Waals surface area (Å²) in [7, 11) is 2.08. The van der Waals surface area contributed by atoms with Crippen molar-refractivity contribution in [3.05, 3.63) is 0 Å². The van der Waals surface area contributed by atoms with Gasteiger partial charge in [-0.25, -0.2) is 0 Å². The van der Waals surface area contributed by atoms with E-state index in [0.29, 0.717) is 13.0 Å². The third kappa shape index (κ3) is 13.7. The Labute approximate surface area is 119 Å². The first-order chi connectivity index (χ1) is 9.20. The highest BCUT2D eigenvalue weighted by atomic mass is 16.5. The quantitative estimate of drug-likeness (QED) is 0.374. The molecule has 0 aliphatic rings. The van der Waals surface area contributed by atoms with Gasteiger partial charge >= 0.3 is 5.97 Å². The number of nitrogens with zero attached hydrogens (tertiary/aromatic N) is 1. The van der Waals surface area contributed by atoms with E-state index >= 15 is 0 Å². The molecule has 114 valence electrons. The third-order valence-electron chi connectivity index (χ3n) is 3.40. The molecule has 0 aromatic carbocycles. The minimum absolute atomic E-state index is 0.0784. The molecule has 0 spiro atoms. The summed E-state index contributed by atoms with van der Waals surface area (Å²) in [4.78, 5) is 13.4. The summed E-state index contributed by atoms with van der Waals surface area (Å²) in [5.74, 6) is -0.0784. The predicted octanol–water partition coefficient (Wildman–Crippen LogP) is 4.01. The van der Waals surface area contributed by atoms with Gasteiger partial charge in [-0.1, -0.05) is 51.9 Å². The Kier molecular flexibility index (Phi) is 13.4. The smallest absolute Gasteiger partial charge is 0.307 e. The molecule has 0 bridgehead atoms. The van der Waals surface area contributed by atoms with Gasteiger partial charge in [0.15, 0.2) is 0 Å². The minimum Gasteiger partial charge on any atom is -0.466 e. The van der Waals surface area contributed by atoms with Crippen LogP contribution in [0.1, 0.15) is 71.6 Å². The zero-order valence-electron chi connectivity index (χ0n) is 13.2. The Morgan fingerprint density at radius 2 is 1.47 bits per heavy atom. The first-order valence-corrected chi connectivity index (χ1v) is 8.04. The Morgan fingerprint density at radius 3 is 2.05 bits per heavy atom. The fraction of sp³-hybridized carbons (Fsp3) is 0.938. The monoisotopic (exact) mass is 271 g/mol. The van der Waals surface area contributed by atoms with E-state index in [0.717, 1.165) is 13.1 Å². The van der Waals surface area contributed by atoms with Gasteiger partial charge in [-0.3, -0.25) is 4.79 Å². The number of hydrogen-bond acceptors (Lipinski definition) is 3. The van der Waals surface area contributed by atoms with E-state index in [1.165, 1.54) is 51.4 Å². The van der Waals surface area contributed by atoms with Crippen LogP contribution in [0.5, 0.6) is 0 Å². The molecule has 0 N–H and O–H groups in total. The highest BCUT2D eigenvalue weighted by Gasteiger charge is 2.04. The maximum absolute atomic E-state index is 11.2. The molecule has 19 heavy (non-hydrogen) atoms. The molecule has 0 rings (SSSR count). The molecule has 3 heteroatoms. The first kappa shape index (κ1) is 18.4. The summed E-state index contributed by atoms with van der Waals surface area (Å²) in [6.45, 7) is 6.50. The summed E-state index contributed by atoms with van der Waals surface area (Å²) in [6.07, 6.45) is 11.3. The van der Waals surface area contributed by atoms with Crippen LogP contribution in [0.15, 0.2) is 0 Å². The van der Waals surface area contributed by atoms with E-state index in [-0.39, 0.29) is 5.97 Å². The van der Waals surface area contributed by atoms with Crippen molar-refractivity contribution in [1.29, 1.82) is 0 Å². The molecule has 0 saturated heterocycles. The van der Waals surface area contributed by atoms with Crippen molar-refractivity contribution in [2.75, 3.05) is 26.7 Å². The predicted molar refractivity (Wildman–Crippen MR) is 81.4 cm³/mol. The lowest BCUT2D eigenvalue weighted by atomic mass is 10.1. The molecule has 0 aliphatic heterocycles. The van der Waals surface area contributed by atoms with Gasteiger partial charge < -0.3 is 9.64 Å². The van der Waals surface area contributed by atoms with Crippen LogP contribution in [0, 0.1) is 0 Å². The topological polar surface area (TPSA) is 29.5 Å². The van der Waals surface area contributed by atoms with Crippen molar-refractivity contribution < 1.29 is 9.53 Å². The average Bonchev–Trinajstić information content (AvgIpc) is 2.40. The summed E-state index contributed by atoms with van der Waals surface area (Å²) in [5.41, 5.74) is 0. The molecule has 0 amide bonds. The molecule has 0 atom stereocenters. The lowest BCUT2D eigenvalue weighted by Crippen LogP contribution is -2.23. The summed E-state index contributed by atoms with van der Waals surface area (Å²) >= 11 is 0. The largest absolute Gasteiger partial charge is 0.466 e. The maximum Gasteiger partial charge on any atom is 0.307 e. The van der Waals surface area contributed by atoms with Gasteiger partial charge in [0, 0.05) is 6.54 Å². The minimum atomic E-state index is -0.0784. The molecule has 0 aromatic heterocycles. The van der Waals surface area contributed by atoms with Crippen LogP contribution in [0.2, 0.25) is 0 Å². The lowest BCUT2D eigenvalue weighted by molar-refractivity contribution is -0.143. The van der Waals surface area contributed by atoms with Gasteiger partial charge in [0.25, 0.3) is 0 Å². The van der Waals surface area contributed by atoms with Gasteiger partial charge in [0.2, 0.25) is 0 Å². The molecule has 0 aliphatic carbocycles. The molecule has 0 saturated carbocycles. The number of esters is 1. The van der Waals surface area contributed by atoms with Gasteiger partial charge in [0.1, 0.15) is 0 Å². The van der Waals surface area contributed by atoms with Crippen LogP contribution in [-0.2, 0) is 9.53 Å². The second-order valence-corrected chi connectivity index (χ2v) is 5.33. The molecular weight excluding hydrogens is 238 g/mol. The number of carbonyl (C=O) groups excluding carboxylic acids is 1. The zero-order valence-corrected chi connectivity index (χ0v) is 13.2. The van der Waals surface area contributed by atoms with E-state index in [1.807, 2.05) is 6.92 Å². The van der Waals surface area contributed by atoms with Gasteiger partial charge in [-0.2, -0.15) is 0 Å². The Balaban J connectivity index is 3.24. The number of ether oxygens (including phenoxy) is 1. The first-order valence-electron chi connectivity index (χ1n) is 8.04. The van der Waals surface area contributed by atoms with Crippen LogP contribution in [0.4, 0.5) is 0 Å².